The minimum atomic E-state index is -0.461. The second-order valence-electron chi connectivity index (χ2n) is 8.85. The molecule has 7 heteroatoms. The summed E-state index contributed by atoms with van der Waals surface area (Å²) in [5, 5.41) is 13.7. The number of pyridine rings is 1. The van der Waals surface area contributed by atoms with Gasteiger partial charge in [-0.3, -0.25) is 19.8 Å². The van der Waals surface area contributed by atoms with Gasteiger partial charge in [0.2, 0.25) is 0 Å². The Hall–Kier alpha value is -3.71. The van der Waals surface area contributed by atoms with E-state index >= 15 is 0 Å². The Morgan fingerprint density at radius 1 is 1.12 bits per heavy atom. The van der Waals surface area contributed by atoms with Crippen molar-refractivity contribution in [3.05, 3.63) is 83.2 Å². The third kappa shape index (κ3) is 4.94. The van der Waals surface area contributed by atoms with Crippen LogP contribution in [0.5, 0.6) is 5.75 Å². The summed E-state index contributed by atoms with van der Waals surface area (Å²) in [6, 6.07) is 14.5. The summed E-state index contributed by atoms with van der Waals surface area (Å²) in [6.07, 6.45) is 4.08. The summed E-state index contributed by atoms with van der Waals surface area (Å²) in [5.41, 5.74) is 4.69. The quantitative estimate of drug-likeness (QED) is 0.383. The smallest absolute Gasteiger partial charge is 0.277 e. The molecular formula is C27H29N3O4. The Balaban J connectivity index is 1.48. The normalized spacial score (nSPS) is 14.1. The summed E-state index contributed by atoms with van der Waals surface area (Å²) in [6.45, 7) is 6.41. The van der Waals surface area contributed by atoms with E-state index in [9.17, 15) is 14.8 Å². The van der Waals surface area contributed by atoms with Crippen LogP contribution < -0.4 is 10.1 Å². The predicted octanol–water partition coefficient (Wildman–Crippen LogP) is 5.01. The summed E-state index contributed by atoms with van der Waals surface area (Å²) in [4.78, 5) is 29.5. The number of ether oxygens (including phenoxy) is 1. The Morgan fingerprint density at radius 3 is 2.71 bits per heavy atom. The fourth-order valence-corrected chi connectivity index (χ4v) is 4.11. The first kappa shape index (κ1) is 23.4. The van der Waals surface area contributed by atoms with E-state index in [4.69, 9.17) is 4.74 Å². The molecule has 1 aliphatic rings. The second kappa shape index (κ2) is 10.1. The monoisotopic (exact) mass is 459 g/mol. The molecule has 3 aromatic rings. The molecule has 7 nitrogen and oxygen atoms in total. The van der Waals surface area contributed by atoms with Gasteiger partial charge in [-0.2, -0.15) is 0 Å². The van der Waals surface area contributed by atoms with Crippen LogP contribution in [0, 0.1) is 5.92 Å². The van der Waals surface area contributed by atoms with Gasteiger partial charge in [0, 0.05) is 35.0 Å². The van der Waals surface area contributed by atoms with Gasteiger partial charge < -0.3 is 10.1 Å². The number of amides is 2. The highest BCUT2D eigenvalue weighted by molar-refractivity contribution is 5.96. The number of carbonyl (C=O) groups excluding carboxylic acids is 2. The first-order valence-electron chi connectivity index (χ1n) is 11.5. The van der Waals surface area contributed by atoms with Gasteiger partial charge in [0.1, 0.15) is 11.9 Å². The Bertz CT molecular complexity index is 1210. The van der Waals surface area contributed by atoms with Crippen LogP contribution in [0.1, 0.15) is 65.1 Å². The van der Waals surface area contributed by atoms with Crippen molar-refractivity contribution < 1.29 is 19.5 Å². The number of rotatable bonds is 7. The molecule has 0 saturated heterocycles. The summed E-state index contributed by atoms with van der Waals surface area (Å²) >= 11 is 0. The molecule has 2 amide bonds. The summed E-state index contributed by atoms with van der Waals surface area (Å²) in [7, 11) is 0. The highest BCUT2D eigenvalue weighted by Crippen LogP contribution is 2.43. The topological polar surface area (TPSA) is 91.8 Å². The lowest BCUT2D eigenvalue weighted by molar-refractivity contribution is -0.0647. The largest absolute Gasteiger partial charge is 0.483 e. The van der Waals surface area contributed by atoms with Gasteiger partial charge in [-0.05, 0) is 53.8 Å². The molecule has 2 N–H and O–H groups in total. The van der Waals surface area contributed by atoms with Crippen molar-refractivity contribution in [2.24, 2.45) is 5.92 Å². The first-order chi connectivity index (χ1) is 16.4. The van der Waals surface area contributed by atoms with Crippen molar-refractivity contribution in [3.8, 4) is 16.9 Å². The Morgan fingerprint density at radius 2 is 1.94 bits per heavy atom. The molecule has 1 unspecified atom stereocenters. The van der Waals surface area contributed by atoms with Gasteiger partial charge in [-0.15, -0.1) is 0 Å². The number of hydrogen-bond donors (Lipinski definition) is 2. The minimum absolute atomic E-state index is 0.144. The van der Waals surface area contributed by atoms with E-state index in [1.165, 1.54) is 0 Å². The van der Waals surface area contributed by atoms with Gasteiger partial charge in [0.15, 0.2) is 0 Å². The van der Waals surface area contributed by atoms with Crippen molar-refractivity contribution in [1.82, 2.24) is 15.4 Å². The Kier molecular flexibility index (Phi) is 6.93. The molecule has 0 saturated carbocycles. The molecule has 0 fully saturated rings. The fraction of sp³-hybridized carbons (Fsp3) is 0.296. The molecular weight excluding hydrogens is 430 g/mol. The zero-order chi connectivity index (χ0) is 24.2. The van der Waals surface area contributed by atoms with E-state index in [0.717, 1.165) is 39.5 Å². The SMILES string of the molecule is CCC1Oc2cnccc2-c2ccc(C(=O)NCc3cccc(C(=O)N(O)CC(C)C)c3)cc21. The molecule has 0 bridgehead atoms. The number of nitrogens with zero attached hydrogens (tertiary/aromatic N) is 2. The van der Waals surface area contributed by atoms with Gasteiger partial charge in [-0.1, -0.05) is 39.0 Å². The van der Waals surface area contributed by atoms with E-state index < -0.39 is 5.91 Å². The van der Waals surface area contributed by atoms with Crippen molar-refractivity contribution >= 4 is 11.8 Å². The second-order valence-corrected chi connectivity index (χ2v) is 8.85. The molecule has 0 radical (unpaired) electrons. The van der Waals surface area contributed by atoms with E-state index in [2.05, 4.69) is 10.3 Å². The average molecular weight is 460 g/mol. The summed E-state index contributed by atoms with van der Waals surface area (Å²) in [5.74, 6) is 0.232. The lowest BCUT2D eigenvalue weighted by atomic mass is 9.91. The maximum absolute atomic E-state index is 12.9. The van der Waals surface area contributed by atoms with Crippen LogP contribution in [-0.2, 0) is 6.54 Å². The highest BCUT2D eigenvalue weighted by atomic mass is 16.5. The molecule has 0 aliphatic carbocycles. The van der Waals surface area contributed by atoms with E-state index in [1.807, 2.05) is 51.1 Å². The van der Waals surface area contributed by atoms with Gasteiger partial charge in [0.05, 0.1) is 12.7 Å². The van der Waals surface area contributed by atoms with Crippen molar-refractivity contribution in [2.45, 2.75) is 39.8 Å². The molecule has 2 aromatic carbocycles. The van der Waals surface area contributed by atoms with E-state index in [0.29, 0.717) is 11.1 Å². The molecule has 0 spiro atoms. The Labute approximate surface area is 199 Å². The van der Waals surface area contributed by atoms with Gasteiger partial charge in [-0.25, -0.2) is 5.06 Å². The van der Waals surface area contributed by atoms with Crippen LogP contribution in [0.25, 0.3) is 11.1 Å². The molecule has 1 atom stereocenters. The number of aromatic nitrogens is 1. The van der Waals surface area contributed by atoms with Crippen LogP contribution >= 0.6 is 0 Å². The van der Waals surface area contributed by atoms with Crippen LogP contribution in [0.3, 0.4) is 0 Å². The zero-order valence-corrected chi connectivity index (χ0v) is 19.6. The number of benzene rings is 2. The lowest BCUT2D eigenvalue weighted by Crippen LogP contribution is -2.31. The van der Waals surface area contributed by atoms with Gasteiger partial charge >= 0.3 is 0 Å². The number of hydrogen-bond acceptors (Lipinski definition) is 5. The van der Waals surface area contributed by atoms with Crippen LogP contribution in [0.15, 0.2) is 60.9 Å². The van der Waals surface area contributed by atoms with Crippen molar-refractivity contribution in [2.75, 3.05) is 6.54 Å². The standard InChI is InChI=1S/C27H29N3O4/c1-4-24-23-13-19(8-9-21(23)22-10-11-28-15-25(22)34-24)26(31)29-14-18-6-5-7-20(12-18)27(32)30(33)16-17(2)3/h5-13,15,17,24,33H,4,14,16H2,1-3H3,(H,29,31). The van der Waals surface area contributed by atoms with Crippen LogP contribution in [0.4, 0.5) is 0 Å². The zero-order valence-electron chi connectivity index (χ0n) is 19.6. The minimum Gasteiger partial charge on any atom is -0.483 e. The average Bonchev–Trinajstić information content (AvgIpc) is 2.85. The fourth-order valence-electron chi connectivity index (χ4n) is 4.11. The molecule has 34 heavy (non-hydrogen) atoms. The van der Waals surface area contributed by atoms with E-state index in [-0.39, 0.29) is 31.0 Å². The predicted molar refractivity (Wildman–Crippen MR) is 129 cm³/mol. The first-order valence-corrected chi connectivity index (χ1v) is 11.5. The molecule has 2 heterocycles. The number of fused-ring (bicyclic) bond motifs is 3. The highest BCUT2D eigenvalue weighted by Gasteiger charge is 2.26. The number of carbonyl (C=O) groups is 2. The van der Waals surface area contributed by atoms with Crippen molar-refractivity contribution in [1.29, 1.82) is 0 Å². The maximum Gasteiger partial charge on any atom is 0.277 e. The third-order valence-electron chi connectivity index (χ3n) is 5.77. The lowest BCUT2D eigenvalue weighted by Gasteiger charge is -2.28. The van der Waals surface area contributed by atoms with Gasteiger partial charge in [0.25, 0.3) is 11.8 Å². The van der Waals surface area contributed by atoms with Crippen molar-refractivity contribution in [3.63, 3.8) is 0 Å². The third-order valence-corrected chi connectivity index (χ3v) is 5.77. The summed E-state index contributed by atoms with van der Waals surface area (Å²) < 4.78 is 6.10. The maximum atomic E-state index is 12.9. The van der Waals surface area contributed by atoms with Crippen LogP contribution in [0.2, 0.25) is 0 Å². The molecule has 176 valence electrons. The molecule has 1 aromatic heterocycles. The van der Waals surface area contributed by atoms with E-state index in [1.54, 1.807) is 30.6 Å². The van der Waals surface area contributed by atoms with Crippen LogP contribution in [-0.4, -0.2) is 33.6 Å². The number of hydroxylamine groups is 2. The molecule has 4 rings (SSSR count). The molecule has 1 aliphatic heterocycles. The number of nitrogens with one attached hydrogen (secondary N) is 1.